The summed E-state index contributed by atoms with van der Waals surface area (Å²) in [4.78, 5) is 48.0. The highest BCUT2D eigenvalue weighted by Gasteiger charge is 2.53. The molecule has 212 valence electrons. The zero-order valence-electron chi connectivity index (χ0n) is 22.3. The van der Waals surface area contributed by atoms with Gasteiger partial charge >= 0.3 is 23.9 Å². The third-order valence-corrected chi connectivity index (χ3v) is 6.58. The standard InChI is InChI=1S/C27H27ClN2O9S/c1-13-10-20(18-6-8-19(28)9-7-18)21(11-29)27(40)30(13)26-25(38-17(5)34)24(37-16(4)33)23(36-15(3)32)22(39-26)12-35-14(2)31/h6-10,22-26H,12H2,1-5H3/t22-,23+,24+,25-,26-/m0/s1. The third kappa shape index (κ3) is 7.04. The Bertz CT molecular complexity index is 1420. The Hall–Kier alpha value is -3.79. The van der Waals surface area contributed by atoms with Crippen LogP contribution in [0.4, 0.5) is 0 Å². The molecule has 0 unspecified atom stereocenters. The molecule has 0 amide bonds. The van der Waals surface area contributed by atoms with Gasteiger partial charge in [-0.25, -0.2) is 0 Å². The molecule has 40 heavy (non-hydrogen) atoms. The van der Waals surface area contributed by atoms with Crippen molar-refractivity contribution in [3.8, 4) is 17.2 Å². The van der Waals surface area contributed by atoms with Gasteiger partial charge in [-0.15, -0.1) is 0 Å². The summed E-state index contributed by atoms with van der Waals surface area (Å²) >= 11 is 11.8. The summed E-state index contributed by atoms with van der Waals surface area (Å²) in [6.07, 6.45) is -6.53. The average molecular weight is 591 g/mol. The Morgan fingerprint density at radius 3 is 2.02 bits per heavy atom. The lowest BCUT2D eigenvalue weighted by Crippen LogP contribution is -2.60. The first-order valence-electron chi connectivity index (χ1n) is 12.1. The summed E-state index contributed by atoms with van der Waals surface area (Å²) in [7, 11) is 0. The normalized spacial score (nSPS) is 22.0. The topological polar surface area (TPSA) is 143 Å². The van der Waals surface area contributed by atoms with Crippen LogP contribution in [0.25, 0.3) is 11.1 Å². The Morgan fingerprint density at radius 2 is 1.50 bits per heavy atom. The molecule has 13 heteroatoms. The molecule has 1 saturated heterocycles. The Morgan fingerprint density at radius 1 is 0.950 bits per heavy atom. The van der Waals surface area contributed by atoms with Crippen LogP contribution in [0, 0.1) is 22.9 Å². The Balaban J connectivity index is 2.25. The van der Waals surface area contributed by atoms with Gasteiger partial charge in [0.1, 0.15) is 23.4 Å². The van der Waals surface area contributed by atoms with Gasteiger partial charge in [0.05, 0.1) is 5.56 Å². The SMILES string of the molecule is CC(=O)OC[C@@H]1O[C@H](n2c(C)cc(-c3ccc(Cl)cc3)c(C#N)c2=S)[C@@H](OC(C)=O)[C@H](OC(C)=O)[C@@H]1OC(C)=O. The molecular formula is C27H27ClN2O9S. The van der Waals surface area contributed by atoms with Crippen molar-refractivity contribution >= 4 is 47.7 Å². The number of aromatic nitrogens is 1. The largest absolute Gasteiger partial charge is 0.463 e. The van der Waals surface area contributed by atoms with Crippen molar-refractivity contribution in [2.75, 3.05) is 6.61 Å². The summed E-state index contributed by atoms with van der Waals surface area (Å²) in [6, 6.07) is 10.7. The van der Waals surface area contributed by atoms with Gasteiger partial charge in [-0.05, 0) is 30.7 Å². The van der Waals surface area contributed by atoms with Crippen LogP contribution in [-0.4, -0.2) is 59.5 Å². The van der Waals surface area contributed by atoms with Gasteiger partial charge in [0, 0.05) is 44.0 Å². The van der Waals surface area contributed by atoms with Gasteiger partial charge in [0.25, 0.3) is 0 Å². The number of hydrogen-bond donors (Lipinski definition) is 0. The highest BCUT2D eigenvalue weighted by Crippen LogP contribution is 2.37. The molecule has 1 aromatic carbocycles. The van der Waals surface area contributed by atoms with Crippen molar-refractivity contribution in [1.29, 1.82) is 5.26 Å². The summed E-state index contributed by atoms with van der Waals surface area (Å²) in [5, 5.41) is 10.6. The molecule has 1 aliphatic heterocycles. The van der Waals surface area contributed by atoms with E-state index in [1.54, 1.807) is 37.3 Å². The van der Waals surface area contributed by atoms with Crippen LogP contribution in [-0.2, 0) is 42.9 Å². The lowest BCUT2D eigenvalue weighted by Gasteiger charge is -2.45. The van der Waals surface area contributed by atoms with E-state index < -0.39 is 61.1 Å². The number of carbonyl (C=O) groups excluding carboxylic acids is 4. The number of carbonyl (C=O) groups is 4. The van der Waals surface area contributed by atoms with E-state index in [9.17, 15) is 24.4 Å². The number of hydrogen-bond acceptors (Lipinski definition) is 11. The van der Waals surface area contributed by atoms with E-state index in [0.717, 1.165) is 20.8 Å². The summed E-state index contributed by atoms with van der Waals surface area (Å²) in [5.41, 5.74) is 1.83. The Kier molecular flexibility index (Phi) is 10.0. The second-order valence-electron chi connectivity index (χ2n) is 8.96. The lowest BCUT2D eigenvalue weighted by atomic mass is 9.96. The highest BCUT2D eigenvalue weighted by molar-refractivity contribution is 7.71. The first kappa shape index (κ1) is 30.7. The number of pyridine rings is 1. The second kappa shape index (κ2) is 13.0. The number of halogens is 1. The van der Waals surface area contributed by atoms with E-state index in [1.165, 1.54) is 11.5 Å². The van der Waals surface area contributed by atoms with E-state index in [1.807, 2.05) is 0 Å². The molecule has 3 rings (SSSR count). The molecule has 1 aromatic heterocycles. The van der Waals surface area contributed by atoms with Crippen molar-refractivity contribution in [3.63, 3.8) is 0 Å². The molecule has 1 fully saturated rings. The third-order valence-electron chi connectivity index (χ3n) is 5.92. The van der Waals surface area contributed by atoms with Gasteiger partial charge in [-0.2, -0.15) is 5.26 Å². The van der Waals surface area contributed by atoms with Crippen molar-refractivity contribution in [2.45, 2.75) is 65.3 Å². The molecule has 0 spiro atoms. The number of ether oxygens (including phenoxy) is 5. The van der Waals surface area contributed by atoms with Crippen molar-refractivity contribution in [2.24, 2.45) is 0 Å². The number of rotatable bonds is 7. The van der Waals surface area contributed by atoms with Crippen LogP contribution < -0.4 is 0 Å². The van der Waals surface area contributed by atoms with Gasteiger partial charge < -0.3 is 28.3 Å². The maximum absolute atomic E-state index is 12.2. The van der Waals surface area contributed by atoms with Crippen molar-refractivity contribution in [3.05, 3.63) is 51.3 Å². The molecule has 11 nitrogen and oxygen atoms in total. The molecule has 2 aromatic rings. The molecule has 2 heterocycles. The van der Waals surface area contributed by atoms with Crippen LogP contribution in [0.1, 0.15) is 45.2 Å². The smallest absolute Gasteiger partial charge is 0.303 e. The van der Waals surface area contributed by atoms with E-state index in [-0.39, 0.29) is 10.2 Å². The molecular weight excluding hydrogens is 564 g/mol. The summed E-state index contributed by atoms with van der Waals surface area (Å²) < 4.78 is 29.3. The van der Waals surface area contributed by atoms with E-state index >= 15 is 0 Å². The minimum atomic E-state index is -1.38. The molecule has 0 bridgehead atoms. The van der Waals surface area contributed by atoms with E-state index in [2.05, 4.69) is 6.07 Å². The fraction of sp³-hybridized carbons (Fsp3) is 0.407. The van der Waals surface area contributed by atoms with E-state index in [0.29, 0.717) is 21.8 Å². The number of benzene rings is 1. The van der Waals surface area contributed by atoms with Crippen LogP contribution in [0.15, 0.2) is 30.3 Å². The molecule has 0 N–H and O–H groups in total. The number of nitriles is 1. The molecule has 0 radical (unpaired) electrons. The fourth-order valence-electron chi connectivity index (χ4n) is 4.44. The first-order valence-corrected chi connectivity index (χ1v) is 12.8. The number of nitrogens with zero attached hydrogens (tertiary/aromatic N) is 2. The number of aryl methyl sites for hydroxylation is 1. The van der Waals surface area contributed by atoms with Crippen LogP contribution in [0.2, 0.25) is 5.02 Å². The maximum Gasteiger partial charge on any atom is 0.303 e. The van der Waals surface area contributed by atoms with E-state index in [4.69, 9.17) is 47.5 Å². The first-order chi connectivity index (χ1) is 18.8. The molecule has 1 aliphatic rings. The highest BCUT2D eigenvalue weighted by atomic mass is 35.5. The molecule has 5 atom stereocenters. The summed E-state index contributed by atoms with van der Waals surface area (Å²) in [5.74, 6) is -2.90. The second-order valence-corrected chi connectivity index (χ2v) is 9.78. The summed E-state index contributed by atoms with van der Waals surface area (Å²) in [6.45, 7) is 5.90. The Labute approximate surface area is 240 Å². The predicted molar refractivity (Wildman–Crippen MR) is 142 cm³/mol. The van der Waals surface area contributed by atoms with Crippen molar-refractivity contribution in [1.82, 2.24) is 4.57 Å². The lowest BCUT2D eigenvalue weighted by molar-refractivity contribution is -0.269. The van der Waals surface area contributed by atoms with Crippen LogP contribution in [0.3, 0.4) is 0 Å². The van der Waals surface area contributed by atoms with Gasteiger partial charge in [0.15, 0.2) is 24.5 Å². The predicted octanol–water partition coefficient (Wildman–Crippen LogP) is 3.97. The zero-order valence-corrected chi connectivity index (χ0v) is 23.9. The minimum absolute atomic E-state index is 0.0355. The van der Waals surface area contributed by atoms with Gasteiger partial charge in [-0.1, -0.05) is 36.0 Å². The molecule has 0 saturated carbocycles. The quantitative estimate of drug-likeness (QED) is 0.262. The molecule has 0 aliphatic carbocycles. The fourth-order valence-corrected chi connectivity index (χ4v) is 4.97. The van der Waals surface area contributed by atoms with Crippen LogP contribution >= 0.6 is 23.8 Å². The monoisotopic (exact) mass is 590 g/mol. The van der Waals surface area contributed by atoms with Gasteiger partial charge in [0.2, 0.25) is 0 Å². The van der Waals surface area contributed by atoms with Crippen LogP contribution in [0.5, 0.6) is 0 Å². The minimum Gasteiger partial charge on any atom is -0.463 e. The maximum atomic E-state index is 12.2. The zero-order chi connectivity index (χ0) is 29.7. The van der Waals surface area contributed by atoms with Gasteiger partial charge in [-0.3, -0.25) is 19.2 Å². The number of esters is 4. The van der Waals surface area contributed by atoms with Crippen molar-refractivity contribution < 1.29 is 42.9 Å². The average Bonchev–Trinajstić information content (AvgIpc) is 2.85.